The third-order valence-electron chi connectivity index (χ3n) is 3.55. The largest absolute Gasteiger partial charge is 0.320 e. The summed E-state index contributed by atoms with van der Waals surface area (Å²) in [5.74, 6) is -0.186. The average Bonchev–Trinajstić information content (AvgIpc) is 2.71. The first-order valence-corrected chi connectivity index (χ1v) is 7.11. The molecular weight excluding hydrogens is 284 g/mol. The van der Waals surface area contributed by atoms with Gasteiger partial charge in [0.25, 0.3) is 5.91 Å². The number of nitrogens with one attached hydrogen (secondary N) is 1. The molecule has 3 nitrogen and oxygen atoms in total. The van der Waals surface area contributed by atoms with Crippen molar-refractivity contribution in [1.29, 1.82) is 0 Å². The lowest BCUT2D eigenvalue weighted by Gasteiger charge is -2.04. The molecule has 0 spiro atoms. The van der Waals surface area contributed by atoms with E-state index in [2.05, 4.69) is 16.4 Å². The summed E-state index contributed by atoms with van der Waals surface area (Å²) in [7, 11) is 0. The number of carbonyl (C=O) groups is 1. The predicted molar refractivity (Wildman–Crippen MR) is 86.9 cm³/mol. The lowest BCUT2D eigenvalue weighted by Crippen LogP contribution is -2.14. The molecule has 0 saturated heterocycles. The zero-order valence-electron chi connectivity index (χ0n) is 12.1. The Labute approximate surface area is 128 Å². The van der Waals surface area contributed by atoms with Gasteiger partial charge in [0.05, 0.1) is 11.4 Å². The molecule has 0 radical (unpaired) electrons. The van der Waals surface area contributed by atoms with Gasteiger partial charge < -0.3 is 5.32 Å². The van der Waals surface area contributed by atoms with Gasteiger partial charge in [-0.3, -0.25) is 4.79 Å². The fourth-order valence-electron chi connectivity index (χ4n) is 2.60. The highest BCUT2D eigenvalue weighted by atomic mass is 35.5. The summed E-state index contributed by atoms with van der Waals surface area (Å²) in [5.41, 5.74) is 5.92. The first kappa shape index (κ1) is 13.8. The number of nitrogens with zero attached hydrogens (tertiary/aromatic N) is 1. The lowest BCUT2D eigenvalue weighted by molar-refractivity contribution is -0.110. The highest BCUT2D eigenvalue weighted by Crippen LogP contribution is 2.33. The molecule has 106 valence electrons. The van der Waals surface area contributed by atoms with E-state index < -0.39 is 0 Å². The molecule has 1 amide bonds. The van der Waals surface area contributed by atoms with E-state index in [1.807, 2.05) is 39.0 Å². The molecule has 2 aromatic rings. The predicted octanol–water partition coefficient (Wildman–Crippen LogP) is 4.34. The van der Waals surface area contributed by atoms with Gasteiger partial charge in [-0.05, 0) is 61.7 Å². The zero-order valence-corrected chi connectivity index (χ0v) is 12.9. The summed E-state index contributed by atoms with van der Waals surface area (Å²) in [5, 5.41) is 3.49. The minimum absolute atomic E-state index is 0.186. The molecule has 1 N–H and O–H groups in total. The summed E-state index contributed by atoms with van der Waals surface area (Å²) in [6.45, 7) is 5.92. The minimum Gasteiger partial charge on any atom is -0.320 e. The summed E-state index contributed by atoms with van der Waals surface area (Å²) >= 11 is 6.10. The highest BCUT2D eigenvalue weighted by molar-refractivity contribution is 6.54. The maximum Gasteiger partial charge on any atom is 0.275 e. The van der Waals surface area contributed by atoms with Gasteiger partial charge in [-0.15, -0.1) is 0 Å². The Morgan fingerprint density at radius 2 is 1.71 bits per heavy atom. The van der Waals surface area contributed by atoms with Crippen LogP contribution in [0.4, 0.5) is 11.4 Å². The number of aryl methyl sites for hydroxylation is 2. The van der Waals surface area contributed by atoms with E-state index in [1.54, 1.807) is 6.07 Å². The number of hydrogen-bond donors (Lipinski definition) is 1. The molecule has 0 saturated carbocycles. The van der Waals surface area contributed by atoms with Gasteiger partial charge >= 0.3 is 0 Å². The van der Waals surface area contributed by atoms with E-state index in [9.17, 15) is 4.79 Å². The Bertz CT molecular complexity index is 773. The van der Waals surface area contributed by atoms with Crippen molar-refractivity contribution < 1.29 is 4.79 Å². The molecule has 2 aromatic carbocycles. The molecule has 0 atom stereocenters. The van der Waals surface area contributed by atoms with Crippen LogP contribution in [0.5, 0.6) is 0 Å². The van der Waals surface area contributed by atoms with E-state index in [0.29, 0.717) is 10.7 Å². The van der Waals surface area contributed by atoms with Crippen molar-refractivity contribution >= 4 is 34.6 Å². The topological polar surface area (TPSA) is 41.5 Å². The number of rotatable bonds is 1. The smallest absolute Gasteiger partial charge is 0.275 e. The zero-order chi connectivity index (χ0) is 15.1. The van der Waals surface area contributed by atoms with E-state index in [0.717, 1.165) is 33.6 Å². The quantitative estimate of drug-likeness (QED) is 0.836. The molecule has 1 aliphatic heterocycles. The van der Waals surface area contributed by atoms with Crippen LogP contribution in [0.3, 0.4) is 0 Å². The SMILES string of the molecule is Cc1cc(C)cc(N=C2C(=O)Nc3c2ccc(Cl)c3C)c1. The van der Waals surface area contributed by atoms with E-state index >= 15 is 0 Å². The summed E-state index contributed by atoms with van der Waals surface area (Å²) in [4.78, 5) is 16.7. The first-order valence-electron chi connectivity index (χ1n) is 6.73. The summed E-state index contributed by atoms with van der Waals surface area (Å²) in [6.07, 6.45) is 0. The molecular formula is C17H15ClN2O. The Hall–Kier alpha value is -2.13. The number of halogens is 1. The standard InChI is InChI=1S/C17H15ClN2O/c1-9-6-10(2)8-12(7-9)19-16-13-4-5-14(18)11(3)15(13)20-17(16)21/h4-8H,1-3H3,(H,19,20,21). The number of fused-ring (bicyclic) bond motifs is 1. The van der Waals surface area contributed by atoms with E-state index in [1.165, 1.54) is 0 Å². The van der Waals surface area contributed by atoms with Crippen LogP contribution in [0.2, 0.25) is 5.02 Å². The molecule has 0 bridgehead atoms. The molecule has 0 fully saturated rings. The van der Waals surface area contributed by atoms with Gasteiger partial charge in [0, 0.05) is 10.6 Å². The van der Waals surface area contributed by atoms with Crippen LogP contribution in [0.25, 0.3) is 0 Å². The molecule has 3 rings (SSSR count). The summed E-state index contributed by atoms with van der Waals surface area (Å²) in [6, 6.07) is 9.65. The molecule has 1 aliphatic rings. The van der Waals surface area contributed by atoms with Gasteiger partial charge in [-0.1, -0.05) is 17.7 Å². The number of carbonyl (C=O) groups excluding carboxylic acids is 1. The highest BCUT2D eigenvalue weighted by Gasteiger charge is 2.28. The Balaban J connectivity index is 2.14. The maximum absolute atomic E-state index is 12.2. The second-order valence-electron chi connectivity index (χ2n) is 5.36. The Morgan fingerprint density at radius 3 is 2.38 bits per heavy atom. The number of anilines is 1. The molecule has 0 aromatic heterocycles. The van der Waals surface area contributed by atoms with Crippen molar-refractivity contribution in [3.05, 3.63) is 57.6 Å². The van der Waals surface area contributed by atoms with Crippen LogP contribution in [-0.2, 0) is 4.79 Å². The van der Waals surface area contributed by atoms with E-state index in [-0.39, 0.29) is 5.91 Å². The van der Waals surface area contributed by atoms with Crippen molar-refractivity contribution in [2.24, 2.45) is 4.99 Å². The molecule has 0 unspecified atom stereocenters. The van der Waals surface area contributed by atoms with Gasteiger partial charge in [0.1, 0.15) is 5.71 Å². The van der Waals surface area contributed by atoms with Gasteiger partial charge in [-0.25, -0.2) is 4.99 Å². The number of aliphatic imine (C=N–C) groups is 1. The number of benzene rings is 2. The first-order chi connectivity index (χ1) is 9.95. The third kappa shape index (κ3) is 2.45. The van der Waals surface area contributed by atoms with Crippen molar-refractivity contribution in [3.63, 3.8) is 0 Å². The molecule has 0 aliphatic carbocycles. The van der Waals surface area contributed by atoms with Crippen LogP contribution in [-0.4, -0.2) is 11.6 Å². The normalized spacial score (nSPS) is 15.2. The van der Waals surface area contributed by atoms with Crippen LogP contribution in [0.15, 0.2) is 35.3 Å². The van der Waals surface area contributed by atoms with Crippen molar-refractivity contribution in [2.75, 3.05) is 5.32 Å². The van der Waals surface area contributed by atoms with Crippen LogP contribution >= 0.6 is 11.6 Å². The minimum atomic E-state index is -0.186. The van der Waals surface area contributed by atoms with Crippen molar-refractivity contribution in [1.82, 2.24) is 0 Å². The number of hydrogen-bond acceptors (Lipinski definition) is 2. The number of amides is 1. The fraction of sp³-hybridized carbons (Fsp3) is 0.176. The van der Waals surface area contributed by atoms with Crippen LogP contribution in [0, 0.1) is 20.8 Å². The monoisotopic (exact) mass is 298 g/mol. The Kier molecular flexibility index (Phi) is 3.30. The molecule has 1 heterocycles. The van der Waals surface area contributed by atoms with Crippen molar-refractivity contribution in [3.8, 4) is 0 Å². The molecule has 21 heavy (non-hydrogen) atoms. The van der Waals surface area contributed by atoms with Crippen molar-refractivity contribution in [2.45, 2.75) is 20.8 Å². The Morgan fingerprint density at radius 1 is 1.05 bits per heavy atom. The summed E-state index contributed by atoms with van der Waals surface area (Å²) < 4.78 is 0. The second kappa shape index (κ2) is 5.01. The lowest BCUT2D eigenvalue weighted by atomic mass is 10.1. The van der Waals surface area contributed by atoms with Gasteiger partial charge in [0.15, 0.2) is 0 Å². The van der Waals surface area contributed by atoms with E-state index in [4.69, 9.17) is 11.6 Å². The fourth-order valence-corrected chi connectivity index (χ4v) is 2.75. The van der Waals surface area contributed by atoms with Gasteiger partial charge in [0.2, 0.25) is 0 Å². The van der Waals surface area contributed by atoms with Crippen LogP contribution in [0.1, 0.15) is 22.3 Å². The average molecular weight is 299 g/mol. The van der Waals surface area contributed by atoms with Crippen LogP contribution < -0.4 is 5.32 Å². The third-order valence-corrected chi connectivity index (χ3v) is 3.96. The van der Waals surface area contributed by atoms with Gasteiger partial charge in [-0.2, -0.15) is 0 Å². The second-order valence-corrected chi connectivity index (χ2v) is 5.76. The maximum atomic E-state index is 12.2. The molecule has 4 heteroatoms.